The zero-order valence-corrected chi connectivity index (χ0v) is 24.3. The summed E-state index contributed by atoms with van der Waals surface area (Å²) in [5.74, 6) is -1.28. The standard InChI is InChI=1S/C30H48O9/c1-8-23(33)20(5)29-24(38-29)14-17(2)10-9-11-18(3)28-19(4)12-13-26(37-21(6)31)30(7,36)25(34)15-22(32)16-27(35)39-28/h9-13,17,19-20,22-26,28-29,32-34,36H,8,14-16H2,1-7H3/b10-9+,13-12-,18-11+. The zero-order chi connectivity index (χ0) is 29.5. The minimum absolute atomic E-state index is 0.0874. The highest BCUT2D eigenvalue weighted by Gasteiger charge is 2.45. The molecule has 0 amide bonds. The molecule has 9 nitrogen and oxygen atoms in total. The summed E-state index contributed by atoms with van der Waals surface area (Å²) >= 11 is 0. The maximum atomic E-state index is 12.6. The van der Waals surface area contributed by atoms with Gasteiger partial charge >= 0.3 is 11.9 Å². The summed E-state index contributed by atoms with van der Waals surface area (Å²) in [4.78, 5) is 24.3. The smallest absolute Gasteiger partial charge is 0.309 e. The Kier molecular flexibility index (Phi) is 12.4. The number of aliphatic hydroxyl groups is 4. The molecule has 2 rings (SSSR count). The van der Waals surface area contributed by atoms with Crippen LogP contribution in [0, 0.1) is 17.8 Å². The molecular formula is C30H48O9. The summed E-state index contributed by atoms with van der Waals surface area (Å²) in [5, 5.41) is 41.9. The second-order valence-electron chi connectivity index (χ2n) is 11.5. The van der Waals surface area contributed by atoms with Gasteiger partial charge in [-0.3, -0.25) is 9.59 Å². The van der Waals surface area contributed by atoms with Gasteiger partial charge in [-0.25, -0.2) is 0 Å². The van der Waals surface area contributed by atoms with Gasteiger partial charge in [-0.15, -0.1) is 0 Å². The molecule has 39 heavy (non-hydrogen) atoms. The summed E-state index contributed by atoms with van der Waals surface area (Å²) in [6.07, 6.45) is 5.23. The summed E-state index contributed by atoms with van der Waals surface area (Å²) < 4.78 is 16.8. The highest BCUT2D eigenvalue weighted by molar-refractivity contribution is 5.70. The SMILES string of the molecule is CCC(O)C(C)C1OC1CC(C)/C=C/C=C(\C)C1OC(=O)CC(O)CC(O)C(C)(O)C(OC(C)=O)/C=C\C1C. The highest BCUT2D eigenvalue weighted by atomic mass is 16.6. The molecule has 0 radical (unpaired) electrons. The largest absolute Gasteiger partial charge is 0.457 e. The molecule has 0 bridgehead atoms. The maximum Gasteiger partial charge on any atom is 0.309 e. The fourth-order valence-corrected chi connectivity index (χ4v) is 5.01. The van der Waals surface area contributed by atoms with Crippen molar-refractivity contribution in [2.45, 2.75) is 122 Å². The minimum Gasteiger partial charge on any atom is -0.457 e. The van der Waals surface area contributed by atoms with E-state index in [0.29, 0.717) is 6.42 Å². The van der Waals surface area contributed by atoms with E-state index >= 15 is 0 Å². The fourth-order valence-electron chi connectivity index (χ4n) is 5.01. The van der Waals surface area contributed by atoms with Crippen LogP contribution in [0.2, 0.25) is 0 Å². The van der Waals surface area contributed by atoms with Crippen molar-refractivity contribution in [3.63, 3.8) is 0 Å². The molecule has 11 unspecified atom stereocenters. The number of epoxide rings is 1. The zero-order valence-electron chi connectivity index (χ0n) is 24.3. The maximum absolute atomic E-state index is 12.6. The lowest BCUT2D eigenvalue weighted by Crippen LogP contribution is -2.52. The topological polar surface area (TPSA) is 146 Å². The first-order chi connectivity index (χ1) is 18.2. The molecule has 222 valence electrons. The van der Waals surface area contributed by atoms with Gasteiger partial charge in [0.15, 0.2) is 6.10 Å². The predicted molar refractivity (Wildman–Crippen MR) is 146 cm³/mol. The van der Waals surface area contributed by atoms with Crippen molar-refractivity contribution in [3.05, 3.63) is 36.0 Å². The van der Waals surface area contributed by atoms with Crippen molar-refractivity contribution in [3.8, 4) is 0 Å². The molecule has 0 aliphatic carbocycles. The van der Waals surface area contributed by atoms with Crippen molar-refractivity contribution < 1.29 is 44.2 Å². The Balaban J connectivity index is 2.16. The van der Waals surface area contributed by atoms with Crippen LogP contribution in [0.4, 0.5) is 0 Å². The van der Waals surface area contributed by atoms with E-state index in [2.05, 4.69) is 13.0 Å². The molecule has 9 heteroatoms. The number of allylic oxidation sites excluding steroid dienone is 3. The van der Waals surface area contributed by atoms with Crippen molar-refractivity contribution in [1.82, 2.24) is 0 Å². The van der Waals surface area contributed by atoms with Crippen molar-refractivity contribution in [2.75, 3.05) is 0 Å². The van der Waals surface area contributed by atoms with E-state index < -0.39 is 42.0 Å². The first-order valence-corrected chi connectivity index (χ1v) is 14.0. The van der Waals surface area contributed by atoms with Crippen molar-refractivity contribution in [2.24, 2.45) is 17.8 Å². The van der Waals surface area contributed by atoms with E-state index in [1.54, 1.807) is 6.08 Å². The van der Waals surface area contributed by atoms with Crippen LogP contribution in [0.1, 0.15) is 74.1 Å². The van der Waals surface area contributed by atoms with Crippen LogP contribution in [0.5, 0.6) is 0 Å². The van der Waals surface area contributed by atoms with E-state index in [1.807, 2.05) is 39.8 Å². The van der Waals surface area contributed by atoms with Gasteiger partial charge in [0.1, 0.15) is 11.7 Å². The Morgan fingerprint density at radius 3 is 2.54 bits per heavy atom. The van der Waals surface area contributed by atoms with Crippen LogP contribution < -0.4 is 0 Å². The molecule has 11 atom stereocenters. The van der Waals surface area contributed by atoms with Crippen LogP contribution in [0.3, 0.4) is 0 Å². The van der Waals surface area contributed by atoms with Crippen molar-refractivity contribution in [1.29, 1.82) is 0 Å². The van der Waals surface area contributed by atoms with Gasteiger partial charge in [-0.1, -0.05) is 52.0 Å². The van der Waals surface area contributed by atoms with E-state index in [4.69, 9.17) is 14.2 Å². The molecule has 1 fully saturated rings. The third-order valence-electron chi connectivity index (χ3n) is 7.78. The van der Waals surface area contributed by atoms with Gasteiger partial charge in [0, 0.05) is 25.2 Å². The number of aliphatic hydroxyl groups excluding tert-OH is 3. The average molecular weight is 553 g/mol. The summed E-state index contributed by atoms with van der Waals surface area (Å²) in [6.45, 7) is 12.3. The number of rotatable bonds is 9. The monoisotopic (exact) mass is 552 g/mol. The van der Waals surface area contributed by atoms with Crippen LogP contribution >= 0.6 is 0 Å². The first-order valence-electron chi connectivity index (χ1n) is 14.0. The third kappa shape index (κ3) is 9.83. The molecule has 2 aliphatic rings. The summed E-state index contributed by atoms with van der Waals surface area (Å²) in [6, 6.07) is 0. The van der Waals surface area contributed by atoms with Crippen molar-refractivity contribution >= 4 is 11.9 Å². The number of hydrogen-bond acceptors (Lipinski definition) is 9. The number of cyclic esters (lactones) is 1. The summed E-state index contributed by atoms with van der Waals surface area (Å²) in [5.41, 5.74) is -1.12. The molecule has 4 N–H and O–H groups in total. The molecule has 2 aliphatic heterocycles. The van der Waals surface area contributed by atoms with Gasteiger partial charge in [0.2, 0.25) is 0 Å². The number of hydrogen-bond donors (Lipinski definition) is 4. The molecular weight excluding hydrogens is 504 g/mol. The van der Waals surface area contributed by atoms with E-state index in [-0.39, 0.29) is 48.9 Å². The Hall–Kier alpha value is -2.04. The van der Waals surface area contributed by atoms with Gasteiger partial charge < -0.3 is 34.6 Å². The molecule has 0 saturated carbocycles. The highest BCUT2D eigenvalue weighted by Crippen LogP contribution is 2.36. The molecule has 0 aromatic carbocycles. The molecule has 2 heterocycles. The van der Waals surface area contributed by atoms with Gasteiger partial charge in [-0.05, 0) is 44.3 Å². The van der Waals surface area contributed by atoms with E-state index in [0.717, 1.165) is 12.0 Å². The van der Waals surface area contributed by atoms with Crippen LogP contribution in [0.25, 0.3) is 0 Å². The Morgan fingerprint density at radius 2 is 1.92 bits per heavy atom. The lowest BCUT2D eigenvalue weighted by Gasteiger charge is -2.36. The van der Waals surface area contributed by atoms with Crippen LogP contribution in [-0.2, 0) is 23.8 Å². The van der Waals surface area contributed by atoms with Gasteiger partial charge in [0.05, 0.1) is 36.9 Å². The number of ether oxygens (including phenoxy) is 3. The number of carbonyl (C=O) groups excluding carboxylic acids is 2. The van der Waals surface area contributed by atoms with Gasteiger partial charge in [0.25, 0.3) is 0 Å². The normalized spacial score (nSPS) is 37.7. The fraction of sp³-hybridized carbons (Fsp3) is 0.733. The molecule has 1 saturated heterocycles. The molecule has 0 aromatic heterocycles. The van der Waals surface area contributed by atoms with Crippen LogP contribution in [-0.4, -0.2) is 80.7 Å². The van der Waals surface area contributed by atoms with Crippen LogP contribution in [0.15, 0.2) is 36.0 Å². The lowest BCUT2D eigenvalue weighted by molar-refractivity contribution is -0.172. The molecule has 0 aromatic rings. The van der Waals surface area contributed by atoms with E-state index in [9.17, 15) is 30.0 Å². The Morgan fingerprint density at radius 1 is 1.26 bits per heavy atom. The number of carbonyl (C=O) groups is 2. The molecule has 0 spiro atoms. The summed E-state index contributed by atoms with van der Waals surface area (Å²) in [7, 11) is 0. The van der Waals surface area contributed by atoms with E-state index in [1.165, 1.54) is 19.9 Å². The number of esters is 2. The lowest BCUT2D eigenvalue weighted by atomic mass is 9.86. The Bertz CT molecular complexity index is 908. The second kappa shape index (κ2) is 14.6. The van der Waals surface area contributed by atoms with Gasteiger partial charge in [-0.2, -0.15) is 0 Å². The average Bonchev–Trinajstić information content (AvgIpc) is 3.61. The predicted octanol–water partition coefficient (Wildman–Crippen LogP) is 2.99. The second-order valence-corrected chi connectivity index (χ2v) is 11.5. The first kappa shape index (κ1) is 33.2. The minimum atomic E-state index is -1.89. The third-order valence-corrected chi connectivity index (χ3v) is 7.78. The Labute approximate surface area is 232 Å². The quantitative estimate of drug-likeness (QED) is 0.147.